The van der Waals surface area contributed by atoms with E-state index in [4.69, 9.17) is 16.3 Å². The molecular weight excluding hydrogens is 496 g/mol. The zero-order chi connectivity index (χ0) is 26.9. The fraction of sp³-hybridized carbons (Fsp3) is 0.188. The Morgan fingerprint density at radius 1 is 0.816 bits per heavy atom. The fourth-order valence-electron chi connectivity index (χ4n) is 4.23. The molecule has 38 heavy (non-hydrogen) atoms. The molecule has 0 aliphatic heterocycles. The molecule has 5 nitrogen and oxygen atoms in total. The summed E-state index contributed by atoms with van der Waals surface area (Å²) in [7, 11) is 1.61. The Kier molecular flexibility index (Phi) is 9.17. The van der Waals surface area contributed by atoms with Crippen LogP contribution >= 0.6 is 11.6 Å². The van der Waals surface area contributed by atoms with Crippen molar-refractivity contribution in [3.63, 3.8) is 0 Å². The second-order valence-corrected chi connectivity index (χ2v) is 9.63. The molecule has 0 aromatic heterocycles. The van der Waals surface area contributed by atoms with Gasteiger partial charge in [0.05, 0.1) is 13.5 Å². The number of benzene rings is 4. The first-order chi connectivity index (χ1) is 18.4. The highest BCUT2D eigenvalue weighted by atomic mass is 35.5. The van der Waals surface area contributed by atoms with E-state index in [1.54, 1.807) is 24.1 Å². The van der Waals surface area contributed by atoms with E-state index < -0.39 is 6.04 Å². The molecule has 4 aromatic carbocycles. The second kappa shape index (κ2) is 12.9. The van der Waals surface area contributed by atoms with Gasteiger partial charge in [-0.1, -0.05) is 96.0 Å². The summed E-state index contributed by atoms with van der Waals surface area (Å²) >= 11 is 6.05. The number of hydrogen-bond acceptors (Lipinski definition) is 3. The topological polar surface area (TPSA) is 58.6 Å². The first kappa shape index (κ1) is 27.0. The molecule has 4 aromatic rings. The molecule has 0 radical (unpaired) electrons. The van der Waals surface area contributed by atoms with Crippen molar-refractivity contribution >= 4 is 23.4 Å². The van der Waals surface area contributed by atoms with Gasteiger partial charge in [0.25, 0.3) is 0 Å². The number of methoxy groups -OCH3 is 1. The third-order valence-corrected chi connectivity index (χ3v) is 6.62. The van der Waals surface area contributed by atoms with Crippen LogP contribution in [-0.2, 0) is 29.1 Å². The molecule has 1 N–H and O–H groups in total. The van der Waals surface area contributed by atoms with Crippen LogP contribution in [-0.4, -0.2) is 23.8 Å². The SMILES string of the molecule is COc1ccc(CN(C(=O)Cc2ccc(Cl)cc2)[C@H](C(=O)NCc2ccc(C)cc2)c2ccccc2)cc1. The molecule has 1 atom stereocenters. The average Bonchev–Trinajstić information content (AvgIpc) is 2.94. The van der Waals surface area contributed by atoms with E-state index in [1.165, 1.54) is 0 Å². The molecule has 0 aliphatic carbocycles. The largest absolute Gasteiger partial charge is 0.497 e. The zero-order valence-corrected chi connectivity index (χ0v) is 22.3. The van der Waals surface area contributed by atoms with Crippen LogP contribution in [0.25, 0.3) is 0 Å². The second-order valence-electron chi connectivity index (χ2n) is 9.19. The van der Waals surface area contributed by atoms with Crippen molar-refractivity contribution in [3.05, 3.63) is 136 Å². The van der Waals surface area contributed by atoms with Gasteiger partial charge in [-0.25, -0.2) is 0 Å². The maximum atomic E-state index is 13.8. The van der Waals surface area contributed by atoms with Gasteiger partial charge in [0, 0.05) is 18.1 Å². The zero-order valence-electron chi connectivity index (χ0n) is 21.6. The molecule has 0 fully saturated rings. The van der Waals surface area contributed by atoms with Gasteiger partial charge in [-0.15, -0.1) is 0 Å². The molecule has 0 aliphatic rings. The Bertz CT molecular complexity index is 1340. The third kappa shape index (κ3) is 7.24. The van der Waals surface area contributed by atoms with Gasteiger partial charge in [-0.3, -0.25) is 9.59 Å². The number of aryl methyl sites for hydroxylation is 1. The standard InChI is InChI=1S/C32H31ClN2O3/c1-23-8-10-25(11-9-23)21-34-32(37)31(27-6-4-3-5-7-27)35(22-26-14-18-29(38-2)19-15-26)30(36)20-24-12-16-28(33)17-13-24/h3-19,31H,20-22H2,1-2H3,(H,34,37)/t31-/m0/s1. The Balaban J connectivity index is 1.66. The number of rotatable bonds is 10. The minimum atomic E-state index is -0.816. The molecule has 0 saturated carbocycles. The molecule has 0 spiro atoms. The van der Waals surface area contributed by atoms with Crippen LogP contribution in [0.3, 0.4) is 0 Å². The lowest BCUT2D eigenvalue weighted by molar-refractivity contribution is -0.141. The smallest absolute Gasteiger partial charge is 0.247 e. The monoisotopic (exact) mass is 526 g/mol. The molecular formula is C32H31ClN2O3. The molecule has 6 heteroatoms. The number of nitrogens with one attached hydrogen (secondary N) is 1. The van der Waals surface area contributed by atoms with Crippen LogP contribution < -0.4 is 10.1 Å². The summed E-state index contributed by atoms with van der Waals surface area (Å²) in [5, 5.41) is 3.66. The number of carbonyl (C=O) groups excluding carboxylic acids is 2. The highest BCUT2D eigenvalue weighted by Gasteiger charge is 2.31. The summed E-state index contributed by atoms with van der Waals surface area (Å²) in [5.74, 6) is 0.320. The molecule has 0 unspecified atom stereocenters. The molecule has 0 bridgehead atoms. The third-order valence-electron chi connectivity index (χ3n) is 6.36. The summed E-state index contributed by atoms with van der Waals surface area (Å²) in [5.41, 5.74) is 4.60. The van der Waals surface area contributed by atoms with Crippen molar-refractivity contribution in [2.75, 3.05) is 7.11 Å². The molecule has 0 saturated heterocycles. The van der Waals surface area contributed by atoms with Crippen LogP contribution in [0.5, 0.6) is 5.75 Å². The molecule has 2 amide bonds. The Labute approximate surface area is 229 Å². The lowest BCUT2D eigenvalue weighted by Gasteiger charge is -2.32. The van der Waals surface area contributed by atoms with Crippen molar-refractivity contribution in [1.82, 2.24) is 10.2 Å². The normalized spacial score (nSPS) is 11.4. The first-order valence-corrected chi connectivity index (χ1v) is 12.9. The van der Waals surface area contributed by atoms with Crippen LogP contribution in [0, 0.1) is 6.92 Å². The van der Waals surface area contributed by atoms with Crippen molar-refractivity contribution in [3.8, 4) is 5.75 Å². The number of hydrogen-bond donors (Lipinski definition) is 1. The van der Waals surface area contributed by atoms with Crippen molar-refractivity contribution in [2.45, 2.75) is 32.5 Å². The van der Waals surface area contributed by atoms with Crippen LogP contribution in [0.15, 0.2) is 103 Å². The summed E-state index contributed by atoms with van der Waals surface area (Å²) in [4.78, 5) is 29.3. The van der Waals surface area contributed by atoms with Crippen molar-refractivity contribution in [2.24, 2.45) is 0 Å². The highest BCUT2D eigenvalue weighted by Crippen LogP contribution is 2.26. The van der Waals surface area contributed by atoms with Crippen molar-refractivity contribution < 1.29 is 14.3 Å². The minimum Gasteiger partial charge on any atom is -0.497 e. The minimum absolute atomic E-state index is 0.141. The van der Waals surface area contributed by atoms with E-state index in [0.29, 0.717) is 11.6 Å². The summed E-state index contributed by atoms with van der Waals surface area (Å²) in [6.07, 6.45) is 0.141. The lowest BCUT2D eigenvalue weighted by atomic mass is 10.0. The number of ether oxygens (including phenoxy) is 1. The van der Waals surface area contributed by atoms with E-state index in [0.717, 1.165) is 33.6 Å². The Hall–Kier alpha value is -4.09. The van der Waals surface area contributed by atoms with Crippen LogP contribution in [0.1, 0.15) is 33.9 Å². The highest BCUT2D eigenvalue weighted by molar-refractivity contribution is 6.30. The predicted octanol–water partition coefficient (Wildman–Crippen LogP) is 6.29. The summed E-state index contributed by atoms with van der Waals surface area (Å²) < 4.78 is 5.29. The van der Waals surface area contributed by atoms with Gasteiger partial charge in [0.15, 0.2) is 0 Å². The Morgan fingerprint density at radius 3 is 2.05 bits per heavy atom. The quantitative estimate of drug-likeness (QED) is 0.264. The lowest BCUT2D eigenvalue weighted by Crippen LogP contribution is -2.43. The van der Waals surface area contributed by atoms with Gasteiger partial charge in [0.2, 0.25) is 11.8 Å². The van der Waals surface area contributed by atoms with E-state index in [9.17, 15) is 9.59 Å². The number of halogens is 1. The van der Waals surface area contributed by atoms with E-state index in [-0.39, 0.29) is 24.8 Å². The fourth-order valence-corrected chi connectivity index (χ4v) is 4.36. The first-order valence-electron chi connectivity index (χ1n) is 12.5. The van der Waals surface area contributed by atoms with Gasteiger partial charge in [-0.2, -0.15) is 0 Å². The van der Waals surface area contributed by atoms with E-state index in [2.05, 4.69) is 5.32 Å². The van der Waals surface area contributed by atoms with E-state index >= 15 is 0 Å². The maximum Gasteiger partial charge on any atom is 0.247 e. The summed E-state index contributed by atoms with van der Waals surface area (Å²) in [6.45, 7) is 2.65. The Morgan fingerprint density at radius 2 is 1.42 bits per heavy atom. The van der Waals surface area contributed by atoms with Crippen LogP contribution in [0.4, 0.5) is 0 Å². The average molecular weight is 527 g/mol. The number of nitrogens with zero attached hydrogens (tertiary/aromatic N) is 1. The molecule has 194 valence electrons. The molecule has 4 rings (SSSR count). The van der Waals surface area contributed by atoms with Gasteiger partial charge < -0.3 is 15.0 Å². The predicted molar refractivity (Wildman–Crippen MR) is 151 cm³/mol. The van der Waals surface area contributed by atoms with Crippen molar-refractivity contribution in [1.29, 1.82) is 0 Å². The van der Waals surface area contributed by atoms with Gasteiger partial charge in [0.1, 0.15) is 11.8 Å². The molecule has 0 heterocycles. The summed E-state index contributed by atoms with van der Waals surface area (Å²) in [6, 6.07) is 31.3. The van der Waals surface area contributed by atoms with Gasteiger partial charge in [-0.05, 0) is 53.4 Å². The number of carbonyl (C=O) groups is 2. The van der Waals surface area contributed by atoms with Crippen LogP contribution in [0.2, 0.25) is 5.02 Å². The number of amides is 2. The maximum absolute atomic E-state index is 13.8. The van der Waals surface area contributed by atoms with Gasteiger partial charge >= 0.3 is 0 Å². The van der Waals surface area contributed by atoms with E-state index in [1.807, 2.05) is 97.9 Å².